The molecule has 10 nitrogen and oxygen atoms in total. The van der Waals surface area contributed by atoms with Crippen molar-refractivity contribution in [3.05, 3.63) is 59.1 Å². The van der Waals surface area contributed by atoms with E-state index >= 15 is 0 Å². The van der Waals surface area contributed by atoms with Crippen LogP contribution in [0.5, 0.6) is 0 Å². The topological polar surface area (TPSA) is 138 Å². The molecule has 0 bridgehead atoms. The maximum atomic E-state index is 12.6. The van der Waals surface area contributed by atoms with Gasteiger partial charge in [0.2, 0.25) is 15.2 Å². The first-order valence-electron chi connectivity index (χ1n) is 9.61. The number of benzene rings is 2. The summed E-state index contributed by atoms with van der Waals surface area (Å²) in [6, 6.07) is 11.7. The molecule has 0 aliphatic carbocycles. The third-order valence-corrected chi connectivity index (χ3v) is 9.41. The molecule has 1 amide bonds. The highest BCUT2D eigenvalue weighted by Crippen LogP contribution is 2.25. The third kappa shape index (κ3) is 5.68. The Kier molecular flexibility index (Phi) is 7.69. The fourth-order valence-electron chi connectivity index (χ4n) is 2.79. The lowest BCUT2D eigenvalue weighted by Gasteiger charge is -2.18. The van der Waals surface area contributed by atoms with Gasteiger partial charge in [-0.2, -0.15) is 12.7 Å². The normalized spacial score (nSPS) is 12.0. The molecule has 2 aromatic carbocycles. The van der Waals surface area contributed by atoms with Crippen LogP contribution in [0, 0.1) is 0 Å². The smallest absolute Gasteiger partial charge is 0.291 e. The molecule has 0 aliphatic heterocycles. The molecular weight excluding hydrogens is 510 g/mol. The van der Waals surface area contributed by atoms with E-state index in [0.29, 0.717) is 24.4 Å². The molecule has 33 heavy (non-hydrogen) atoms. The van der Waals surface area contributed by atoms with Gasteiger partial charge >= 0.3 is 0 Å². The number of hydrogen-bond donors (Lipinski definition) is 2. The summed E-state index contributed by atoms with van der Waals surface area (Å²) in [5.41, 5.74) is 0.349. The fraction of sp³-hybridized carbons (Fsp3) is 0.211. The molecule has 3 aromatic rings. The van der Waals surface area contributed by atoms with Crippen molar-refractivity contribution >= 4 is 59.7 Å². The number of amides is 1. The minimum atomic E-state index is -4.12. The van der Waals surface area contributed by atoms with Gasteiger partial charge in [-0.15, -0.1) is 10.2 Å². The molecule has 0 unspecified atom stereocenters. The van der Waals surface area contributed by atoms with Gasteiger partial charge in [-0.1, -0.05) is 48.9 Å². The van der Waals surface area contributed by atoms with Gasteiger partial charge in [-0.3, -0.25) is 14.8 Å². The summed E-state index contributed by atoms with van der Waals surface area (Å²) < 4.78 is 53.6. The average Bonchev–Trinajstić information content (AvgIpc) is 3.24. The Balaban J connectivity index is 1.73. The largest absolute Gasteiger partial charge is 0.296 e. The molecule has 0 spiro atoms. The number of nitrogens with one attached hydrogen (secondary N) is 2. The first-order chi connectivity index (χ1) is 15.6. The molecule has 0 fully saturated rings. The Morgan fingerprint density at radius 3 is 2.24 bits per heavy atom. The van der Waals surface area contributed by atoms with Crippen LogP contribution in [0.3, 0.4) is 0 Å². The highest BCUT2D eigenvalue weighted by Gasteiger charge is 2.24. The Bertz CT molecular complexity index is 1350. The van der Waals surface area contributed by atoms with E-state index in [4.69, 9.17) is 11.6 Å². The van der Waals surface area contributed by atoms with Crippen molar-refractivity contribution in [2.45, 2.75) is 23.1 Å². The van der Waals surface area contributed by atoms with Gasteiger partial charge in [0, 0.05) is 18.8 Å². The number of halogens is 1. The van der Waals surface area contributed by atoms with E-state index < -0.39 is 26.0 Å². The third-order valence-electron chi connectivity index (χ3n) is 4.43. The van der Waals surface area contributed by atoms with Crippen LogP contribution >= 0.6 is 22.9 Å². The van der Waals surface area contributed by atoms with Crippen LogP contribution in [0.2, 0.25) is 5.02 Å². The highest BCUT2D eigenvalue weighted by atomic mass is 35.5. The minimum absolute atomic E-state index is 0.0269. The zero-order chi connectivity index (χ0) is 24.2. The Morgan fingerprint density at radius 1 is 1.00 bits per heavy atom. The van der Waals surface area contributed by atoms with Crippen molar-refractivity contribution in [2.75, 3.05) is 23.1 Å². The number of carbonyl (C=O) groups excluding carboxylic acids is 1. The van der Waals surface area contributed by atoms with Crippen LogP contribution in [0.25, 0.3) is 0 Å². The lowest BCUT2D eigenvalue weighted by Crippen LogP contribution is -2.30. The van der Waals surface area contributed by atoms with Crippen LogP contribution in [-0.4, -0.2) is 50.3 Å². The summed E-state index contributed by atoms with van der Waals surface area (Å²) in [7, 11) is -7.78. The number of anilines is 2. The van der Waals surface area contributed by atoms with Crippen molar-refractivity contribution in [1.82, 2.24) is 14.5 Å². The van der Waals surface area contributed by atoms with Crippen molar-refractivity contribution in [2.24, 2.45) is 0 Å². The van der Waals surface area contributed by atoms with Gasteiger partial charge < -0.3 is 0 Å². The molecule has 1 heterocycles. The summed E-state index contributed by atoms with van der Waals surface area (Å²) in [5.74, 6) is -0.557. The number of carbonyl (C=O) groups is 1. The van der Waals surface area contributed by atoms with Crippen LogP contribution < -0.4 is 10.0 Å². The van der Waals surface area contributed by atoms with E-state index in [-0.39, 0.29) is 30.6 Å². The van der Waals surface area contributed by atoms with E-state index in [1.165, 1.54) is 34.6 Å². The zero-order valence-corrected chi connectivity index (χ0v) is 20.7. The van der Waals surface area contributed by atoms with Gasteiger partial charge in [0.05, 0.1) is 15.5 Å². The predicted octanol–water partition coefficient (Wildman–Crippen LogP) is 3.28. The maximum absolute atomic E-state index is 12.6. The Morgan fingerprint density at radius 2 is 1.64 bits per heavy atom. The summed E-state index contributed by atoms with van der Waals surface area (Å²) in [6.45, 7) is 4.10. The molecule has 0 atom stereocenters. The number of nitrogens with zero attached hydrogens (tertiary/aromatic N) is 3. The Hall–Kier alpha value is -2.58. The Labute approximate surface area is 200 Å². The first kappa shape index (κ1) is 25.1. The minimum Gasteiger partial charge on any atom is -0.296 e. The summed E-state index contributed by atoms with van der Waals surface area (Å²) in [5, 5.41) is 9.99. The van der Waals surface area contributed by atoms with E-state index in [2.05, 4.69) is 20.2 Å². The molecule has 0 radical (unpaired) electrons. The highest BCUT2D eigenvalue weighted by molar-refractivity contribution is 7.94. The molecule has 14 heteroatoms. The second-order valence-electron chi connectivity index (χ2n) is 6.53. The molecule has 176 valence electrons. The van der Waals surface area contributed by atoms with Crippen molar-refractivity contribution in [1.29, 1.82) is 0 Å². The standard InChI is InChI=1S/C19H20ClN5O5S3/c1-3-25(4-2)33(29,30)14-11-9-13(10-12-14)24-32(27,28)19-23-22-18(31-19)21-17(26)15-7-5-6-8-16(15)20/h5-12,24H,3-4H2,1-2H3,(H,21,22,26). The van der Waals surface area contributed by atoms with E-state index in [1.807, 2.05) is 0 Å². The predicted molar refractivity (Wildman–Crippen MR) is 127 cm³/mol. The molecule has 2 N–H and O–H groups in total. The van der Waals surface area contributed by atoms with E-state index in [1.54, 1.807) is 32.0 Å². The van der Waals surface area contributed by atoms with Crippen molar-refractivity contribution in [3.8, 4) is 0 Å². The molecule has 0 saturated carbocycles. The molecule has 3 rings (SSSR count). The van der Waals surface area contributed by atoms with Gasteiger partial charge in [0.25, 0.3) is 20.3 Å². The van der Waals surface area contributed by atoms with Gasteiger partial charge in [0.15, 0.2) is 0 Å². The number of rotatable bonds is 9. The van der Waals surface area contributed by atoms with Crippen LogP contribution in [0.1, 0.15) is 24.2 Å². The summed E-state index contributed by atoms with van der Waals surface area (Å²) in [6.07, 6.45) is 0. The van der Waals surface area contributed by atoms with E-state index in [9.17, 15) is 21.6 Å². The number of sulfonamides is 2. The fourth-order valence-corrected chi connectivity index (χ4v) is 6.42. The second kappa shape index (κ2) is 10.1. The molecule has 1 aromatic heterocycles. The van der Waals surface area contributed by atoms with Crippen LogP contribution in [-0.2, 0) is 20.0 Å². The molecule has 0 saturated heterocycles. The maximum Gasteiger partial charge on any atom is 0.291 e. The van der Waals surface area contributed by atoms with Gasteiger partial charge in [-0.25, -0.2) is 8.42 Å². The summed E-state index contributed by atoms with van der Waals surface area (Å²) >= 11 is 6.64. The van der Waals surface area contributed by atoms with Gasteiger partial charge in [-0.05, 0) is 36.4 Å². The van der Waals surface area contributed by atoms with Gasteiger partial charge in [0.1, 0.15) is 0 Å². The number of aromatic nitrogens is 2. The average molecular weight is 530 g/mol. The summed E-state index contributed by atoms with van der Waals surface area (Å²) in [4.78, 5) is 12.4. The van der Waals surface area contributed by atoms with Crippen LogP contribution in [0.15, 0.2) is 57.8 Å². The molecule has 0 aliphatic rings. The second-order valence-corrected chi connectivity index (χ2v) is 11.7. The van der Waals surface area contributed by atoms with E-state index in [0.717, 1.165) is 0 Å². The number of hydrogen-bond acceptors (Lipinski definition) is 8. The van der Waals surface area contributed by atoms with Crippen molar-refractivity contribution < 1.29 is 21.6 Å². The first-order valence-corrected chi connectivity index (χ1v) is 13.7. The van der Waals surface area contributed by atoms with Crippen LogP contribution in [0.4, 0.5) is 10.8 Å². The molecular formula is C19H20ClN5O5S3. The lowest BCUT2D eigenvalue weighted by molar-refractivity contribution is 0.102. The zero-order valence-electron chi connectivity index (χ0n) is 17.5. The SMILES string of the molecule is CCN(CC)S(=O)(=O)c1ccc(NS(=O)(=O)c2nnc(NC(=O)c3ccccc3Cl)s2)cc1. The monoisotopic (exact) mass is 529 g/mol. The van der Waals surface area contributed by atoms with Crippen molar-refractivity contribution in [3.63, 3.8) is 0 Å². The quantitative estimate of drug-likeness (QED) is 0.405. The lowest BCUT2D eigenvalue weighted by atomic mass is 10.2.